The van der Waals surface area contributed by atoms with Gasteiger partial charge in [0.1, 0.15) is 11.8 Å². The normalized spacial score (nSPS) is 11.4. The molecule has 2 rings (SSSR count). The van der Waals surface area contributed by atoms with Gasteiger partial charge in [-0.1, -0.05) is 26.0 Å². The Morgan fingerprint density at radius 2 is 1.71 bits per heavy atom. The molecule has 6 heteroatoms. The van der Waals surface area contributed by atoms with Crippen molar-refractivity contribution >= 4 is 17.5 Å². The van der Waals surface area contributed by atoms with Crippen LogP contribution in [0.3, 0.4) is 0 Å². The van der Waals surface area contributed by atoms with E-state index in [1.165, 1.54) is 0 Å². The van der Waals surface area contributed by atoms with E-state index in [0.717, 1.165) is 5.56 Å². The number of benzene rings is 2. The first-order chi connectivity index (χ1) is 13.4. The van der Waals surface area contributed by atoms with Crippen LogP contribution in [0.25, 0.3) is 0 Å². The number of nitrogens with one attached hydrogen (secondary N) is 2. The van der Waals surface area contributed by atoms with Crippen LogP contribution in [-0.4, -0.2) is 24.5 Å². The summed E-state index contributed by atoms with van der Waals surface area (Å²) < 4.78 is 5.37. The SMILES string of the molecule is CCOc1ccc(C(=O)N[C@H](C(=O)Nc2ccc(CC#N)cc2)C(C)C)cc1. The number of anilines is 1. The Balaban J connectivity index is 2.04. The third-order valence-corrected chi connectivity index (χ3v) is 4.17. The van der Waals surface area contributed by atoms with Gasteiger partial charge in [0, 0.05) is 11.3 Å². The zero-order valence-corrected chi connectivity index (χ0v) is 16.4. The van der Waals surface area contributed by atoms with Gasteiger partial charge in [-0.3, -0.25) is 9.59 Å². The molecule has 6 nitrogen and oxygen atoms in total. The lowest BCUT2D eigenvalue weighted by atomic mass is 10.0. The number of carbonyl (C=O) groups excluding carboxylic acids is 2. The van der Waals surface area contributed by atoms with Gasteiger partial charge in [0.25, 0.3) is 5.91 Å². The molecular weight excluding hydrogens is 354 g/mol. The van der Waals surface area contributed by atoms with Crippen LogP contribution in [0.4, 0.5) is 5.69 Å². The van der Waals surface area contributed by atoms with Crippen molar-refractivity contribution in [3.63, 3.8) is 0 Å². The van der Waals surface area contributed by atoms with Gasteiger partial charge >= 0.3 is 0 Å². The average Bonchev–Trinajstić information content (AvgIpc) is 2.68. The molecule has 0 spiro atoms. The van der Waals surface area contributed by atoms with Gasteiger partial charge in [0.15, 0.2) is 0 Å². The third-order valence-electron chi connectivity index (χ3n) is 4.17. The third kappa shape index (κ3) is 5.85. The number of hydrogen-bond acceptors (Lipinski definition) is 4. The quantitative estimate of drug-likeness (QED) is 0.734. The Bertz CT molecular complexity index is 837. The van der Waals surface area contributed by atoms with Crippen molar-refractivity contribution < 1.29 is 14.3 Å². The summed E-state index contributed by atoms with van der Waals surface area (Å²) in [4.78, 5) is 25.2. The van der Waals surface area contributed by atoms with E-state index in [1.54, 1.807) is 48.5 Å². The molecule has 0 unspecified atom stereocenters. The number of nitrogens with zero attached hydrogens (tertiary/aromatic N) is 1. The lowest BCUT2D eigenvalue weighted by molar-refractivity contribution is -0.118. The molecule has 28 heavy (non-hydrogen) atoms. The van der Waals surface area contributed by atoms with E-state index in [4.69, 9.17) is 10.00 Å². The summed E-state index contributed by atoms with van der Waals surface area (Å²) in [5.74, 6) is -0.00913. The predicted octanol–water partition coefficient (Wildman–Crippen LogP) is 3.54. The van der Waals surface area contributed by atoms with Crippen molar-refractivity contribution in [2.45, 2.75) is 33.2 Å². The molecule has 2 aromatic carbocycles. The van der Waals surface area contributed by atoms with Crippen molar-refractivity contribution in [3.05, 3.63) is 59.7 Å². The molecule has 0 bridgehead atoms. The van der Waals surface area contributed by atoms with Crippen LogP contribution < -0.4 is 15.4 Å². The van der Waals surface area contributed by atoms with Crippen molar-refractivity contribution in [2.75, 3.05) is 11.9 Å². The van der Waals surface area contributed by atoms with Gasteiger partial charge in [-0.25, -0.2) is 0 Å². The van der Waals surface area contributed by atoms with Crippen molar-refractivity contribution in [1.29, 1.82) is 5.26 Å². The Morgan fingerprint density at radius 3 is 2.25 bits per heavy atom. The molecule has 0 radical (unpaired) electrons. The molecule has 2 aromatic rings. The Labute approximate surface area is 165 Å². The molecule has 2 N–H and O–H groups in total. The fourth-order valence-corrected chi connectivity index (χ4v) is 2.65. The molecule has 1 atom stereocenters. The summed E-state index contributed by atoms with van der Waals surface area (Å²) in [6.07, 6.45) is 0.320. The Hall–Kier alpha value is -3.33. The minimum Gasteiger partial charge on any atom is -0.494 e. The molecule has 0 fully saturated rings. The lowest BCUT2D eigenvalue weighted by Crippen LogP contribution is -2.47. The molecule has 2 amide bonds. The molecule has 0 aliphatic carbocycles. The first-order valence-corrected chi connectivity index (χ1v) is 9.25. The first-order valence-electron chi connectivity index (χ1n) is 9.25. The van der Waals surface area contributed by atoms with Gasteiger partial charge < -0.3 is 15.4 Å². The summed E-state index contributed by atoms with van der Waals surface area (Å²) >= 11 is 0. The van der Waals surface area contributed by atoms with Crippen LogP contribution in [0.5, 0.6) is 5.75 Å². The molecule has 146 valence electrons. The number of rotatable bonds is 8. The van der Waals surface area contributed by atoms with E-state index >= 15 is 0 Å². The number of nitriles is 1. The molecule has 0 aliphatic heterocycles. The zero-order valence-electron chi connectivity index (χ0n) is 16.4. The van der Waals surface area contributed by atoms with Gasteiger partial charge in [0.05, 0.1) is 19.1 Å². The first kappa shape index (κ1) is 21.0. The maximum absolute atomic E-state index is 12.7. The van der Waals surface area contributed by atoms with Gasteiger partial charge in [-0.05, 0) is 54.8 Å². The monoisotopic (exact) mass is 379 g/mol. The largest absolute Gasteiger partial charge is 0.494 e. The fourth-order valence-electron chi connectivity index (χ4n) is 2.65. The predicted molar refractivity (Wildman–Crippen MR) is 108 cm³/mol. The van der Waals surface area contributed by atoms with E-state index in [0.29, 0.717) is 30.0 Å². The number of carbonyl (C=O) groups is 2. The smallest absolute Gasteiger partial charge is 0.251 e. The molecule has 0 aromatic heterocycles. The highest BCUT2D eigenvalue weighted by Gasteiger charge is 2.24. The second kappa shape index (κ2) is 10.1. The Morgan fingerprint density at radius 1 is 1.07 bits per heavy atom. The summed E-state index contributed by atoms with van der Waals surface area (Å²) in [5.41, 5.74) is 1.96. The van der Waals surface area contributed by atoms with E-state index in [1.807, 2.05) is 20.8 Å². The van der Waals surface area contributed by atoms with E-state index in [9.17, 15) is 9.59 Å². The van der Waals surface area contributed by atoms with Crippen LogP contribution in [0, 0.1) is 17.2 Å². The summed E-state index contributed by atoms with van der Waals surface area (Å²) in [5, 5.41) is 14.3. The molecule has 0 aliphatic rings. The van der Waals surface area contributed by atoms with E-state index in [2.05, 4.69) is 16.7 Å². The zero-order chi connectivity index (χ0) is 20.5. The Kier molecular flexibility index (Phi) is 7.58. The molecule has 0 heterocycles. The topological polar surface area (TPSA) is 91.2 Å². The van der Waals surface area contributed by atoms with Gasteiger partial charge in [0.2, 0.25) is 5.91 Å². The second-order valence-electron chi connectivity index (χ2n) is 6.67. The van der Waals surface area contributed by atoms with Crippen LogP contribution in [0.1, 0.15) is 36.7 Å². The maximum Gasteiger partial charge on any atom is 0.251 e. The summed E-state index contributed by atoms with van der Waals surface area (Å²) in [6.45, 7) is 6.19. The standard InChI is InChI=1S/C22H25N3O3/c1-4-28-19-11-7-17(8-12-19)21(26)25-20(15(2)3)22(27)24-18-9-5-16(6-10-18)13-14-23/h5-12,15,20H,4,13H2,1-3H3,(H,24,27)(H,25,26)/t20-/m0/s1. The summed E-state index contributed by atoms with van der Waals surface area (Å²) in [6, 6.07) is 15.3. The number of ether oxygens (including phenoxy) is 1. The molecule has 0 saturated heterocycles. The van der Waals surface area contributed by atoms with Crippen molar-refractivity contribution in [1.82, 2.24) is 5.32 Å². The second-order valence-corrected chi connectivity index (χ2v) is 6.67. The lowest BCUT2D eigenvalue weighted by Gasteiger charge is -2.22. The summed E-state index contributed by atoms with van der Waals surface area (Å²) in [7, 11) is 0. The number of amides is 2. The average molecular weight is 379 g/mol. The maximum atomic E-state index is 12.7. The van der Waals surface area contributed by atoms with E-state index in [-0.39, 0.29) is 17.7 Å². The van der Waals surface area contributed by atoms with Gasteiger partial charge in [-0.2, -0.15) is 5.26 Å². The van der Waals surface area contributed by atoms with Crippen LogP contribution in [0.2, 0.25) is 0 Å². The van der Waals surface area contributed by atoms with Crippen molar-refractivity contribution in [3.8, 4) is 11.8 Å². The van der Waals surface area contributed by atoms with Crippen LogP contribution >= 0.6 is 0 Å². The number of hydrogen-bond donors (Lipinski definition) is 2. The fraction of sp³-hybridized carbons (Fsp3) is 0.318. The highest BCUT2D eigenvalue weighted by molar-refractivity contribution is 6.01. The highest BCUT2D eigenvalue weighted by atomic mass is 16.5. The minimum atomic E-state index is -0.683. The van der Waals surface area contributed by atoms with Gasteiger partial charge in [-0.15, -0.1) is 0 Å². The van der Waals surface area contributed by atoms with E-state index < -0.39 is 6.04 Å². The molecular formula is C22H25N3O3. The highest BCUT2D eigenvalue weighted by Crippen LogP contribution is 2.15. The van der Waals surface area contributed by atoms with Crippen molar-refractivity contribution in [2.24, 2.45) is 5.92 Å². The van der Waals surface area contributed by atoms with Crippen LogP contribution in [-0.2, 0) is 11.2 Å². The van der Waals surface area contributed by atoms with Crippen LogP contribution in [0.15, 0.2) is 48.5 Å². The minimum absolute atomic E-state index is 0.0930. The molecule has 0 saturated carbocycles.